The van der Waals surface area contributed by atoms with Crippen LogP contribution >= 0.6 is 0 Å². The first-order valence-corrected chi connectivity index (χ1v) is 10.3. The number of ether oxygens (including phenoxy) is 1. The van der Waals surface area contributed by atoms with Crippen LogP contribution in [0.15, 0.2) is 72.3 Å². The maximum atomic E-state index is 14.2. The third-order valence-corrected chi connectivity index (χ3v) is 5.07. The number of carbonyl (C=O) groups excluding carboxylic acids is 3. The van der Waals surface area contributed by atoms with E-state index >= 15 is 0 Å². The summed E-state index contributed by atoms with van der Waals surface area (Å²) in [5, 5.41) is 2.08. The zero-order valence-electron chi connectivity index (χ0n) is 18.1. The Morgan fingerprint density at radius 1 is 0.939 bits per heavy atom. The van der Waals surface area contributed by atoms with Crippen LogP contribution in [0.3, 0.4) is 0 Å². The molecular weight excluding hydrogens is 423 g/mol. The largest absolute Gasteiger partial charge is 0.489 e. The molecule has 1 fully saturated rings. The molecule has 0 unspecified atom stereocenters. The molecule has 1 saturated heterocycles. The van der Waals surface area contributed by atoms with E-state index in [2.05, 4.69) is 23.5 Å². The molecule has 166 valence electrons. The molecule has 3 aromatic carbocycles. The molecule has 0 radical (unpaired) electrons. The molecule has 33 heavy (non-hydrogen) atoms. The summed E-state index contributed by atoms with van der Waals surface area (Å²) >= 11 is 0. The van der Waals surface area contributed by atoms with E-state index in [0.717, 1.165) is 22.8 Å². The van der Waals surface area contributed by atoms with Gasteiger partial charge in [-0.05, 0) is 55.3 Å². The summed E-state index contributed by atoms with van der Waals surface area (Å²) in [5.41, 5.74) is 3.43. The zero-order valence-corrected chi connectivity index (χ0v) is 18.1. The highest BCUT2D eigenvalue weighted by Crippen LogP contribution is 2.25. The molecule has 0 atom stereocenters. The van der Waals surface area contributed by atoms with Gasteiger partial charge in [0, 0.05) is 0 Å². The number of nitrogens with zero attached hydrogens (tertiary/aromatic N) is 1. The van der Waals surface area contributed by atoms with E-state index in [0.29, 0.717) is 22.8 Å². The molecule has 0 spiro atoms. The number of barbiturate groups is 1. The number of halogens is 1. The molecule has 4 amide bonds. The van der Waals surface area contributed by atoms with Gasteiger partial charge in [-0.1, -0.05) is 53.6 Å². The number of rotatable bonds is 5. The van der Waals surface area contributed by atoms with E-state index in [1.807, 2.05) is 13.8 Å². The second kappa shape index (κ2) is 9.08. The quantitative estimate of drug-likeness (QED) is 0.458. The maximum absolute atomic E-state index is 14.2. The number of hydrogen-bond donors (Lipinski definition) is 1. The number of hydrogen-bond acceptors (Lipinski definition) is 4. The highest BCUT2D eigenvalue weighted by Gasteiger charge is 2.37. The monoisotopic (exact) mass is 444 g/mol. The van der Waals surface area contributed by atoms with Crippen molar-refractivity contribution in [3.05, 3.63) is 100 Å². The second-order valence-corrected chi connectivity index (χ2v) is 7.76. The van der Waals surface area contributed by atoms with Gasteiger partial charge < -0.3 is 4.74 Å². The number of benzene rings is 3. The third-order valence-electron chi connectivity index (χ3n) is 5.07. The van der Waals surface area contributed by atoms with Crippen molar-refractivity contribution >= 4 is 29.6 Å². The highest BCUT2D eigenvalue weighted by atomic mass is 19.1. The Bertz CT molecular complexity index is 1260. The Kier molecular flexibility index (Phi) is 6.04. The van der Waals surface area contributed by atoms with Crippen molar-refractivity contribution in [1.29, 1.82) is 0 Å². The normalized spacial score (nSPS) is 15.1. The third kappa shape index (κ3) is 4.82. The number of para-hydroxylation sites is 1. The number of aryl methyl sites for hydroxylation is 2. The number of carbonyl (C=O) groups is 3. The summed E-state index contributed by atoms with van der Waals surface area (Å²) < 4.78 is 20.0. The number of imide groups is 2. The van der Waals surface area contributed by atoms with Crippen molar-refractivity contribution in [3.63, 3.8) is 0 Å². The molecule has 4 rings (SSSR count). The minimum atomic E-state index is -0.998. The van der Waals surface area contributed by atoms with Gasteiger partial charge in [-0.15, -0.1) is 0 Å². The van der Waals surface area contributed by atoms with Crippen molar-refractivity contribution in [1.82, 2.24) is 5.32 Å². The van der Waals surface area contributed by atoms with E-state index < -0.39 is 23.7 Å². The Labute approximate surface area is 190 Å². The average molecular weight is 444 g/mol. The Morgan fingerprint density at radius 2 is 1.61 bits per heavy atom. The molecular formula is C26H21FN2O4. The molecule has 0 saturated carbocycles. The predicted molar refractivity (Wildman–Crippen MR) is 122 cm³/mol. The van der Waals surface area contributed by atoms with Crippen LogP contribution in [0.25, 0.3) is 6.08 Å². The van der Waals surface area contributed by atoms with Crippen LogP contribution in [0, 0.1) is 19.7 Å². The first kappa shape index (κ1) is 22.0. The average Bonchev–Trinajstić information content (AvgIpc) is 2.76. The molecule has 1 aliphatic rings. The Morgan fingerprint density at radius 3 is 2.27 bits per heavy atom. The first-order valence-electron chi connectivity index (χ1n) is 10.3. The number of urea groups is 1. The molecule has 7 heteroatoms. The fraction of sp³-hybridized carbons (Fsp3) is 0.115. The SMILES string of the molecule is Cc1cc(C)cc(COc2ccc(/C=C3/C(=O)NC(=O)N(c4ccccc4F)C3=O)cc2)c1. The van der Waals surface area contributed by atoms with E-state index in [1.165, 1.54) is 24.3 Å². The zero-order chi connectivity index (χ0) is 23.5. The van der Waals surface area contributed by atoms with Crippen molar-refractivity contribution in [2.45, 2.75) is 20.5 Å². The van der Waals surface area contributed by atoms with Gasteiger partial charge in [-0.25, -0.2) is 14.1 Å². The van der Waals surface area contributed by atoms with Gasteiger partial charge in [-0.3, -0.25) is 14.9 Å². The lowest BCUT2D eigenvalue weighted by Gasteiger charge is -2.26. The maximum Gasteiger partial charge on any atom is 0.336 e. The highest BCUT2D eigenvalue weighted by molar-refractivity contribution is 6.39. The summed E-state index contributed by atoms with van der Waals surface area (Å²) in [7, 11) is 0. The van der Waals surface area contributed by atoms with Crippen molar-refractivity contribution in [2.24, 2.45) is 0 Å². The van der Waals surface area contributed by atoms with E-state index in [9.17, 15) is 18.8 Å². The summed E-state index contributed by atoms with van der Waals surface area (Å²) in [4.78, 5) is 38.0. The van der Waals surface area contributed by atoms with Crippen LogP contribution in [-0.2, 0) is 16.2 Å². The minimum Gasteiger partial charge on any atom is -0.489 e. The van der Waals surface area contributed by atoms with Crippen molar-refractivity contribution in [3.8, 4) is 5.75 Å². The summed E-state index contributed by atoms with van der Waals surface area (Å²) in [6.07, 6.45) is 1.35. The standard InChI is InChI=1S/C26H21FN2O4/c1-16-11-17(2)13-19(12-16)15-33-20-9-7-18(8-10-20)14-21-24(30)28-26(32)29(25(21)31)23-6-4-3-5-22(23)27/h3-14H,15H2,1-2H3,(H,28,30,32)/b21-14-. The van der Waals surface area contributed by atoms with Gasteiger partial charge in [0.25, 0.3) is 11.8 Å². The van der Waals surface area contributed by atoms with Gasteiger partial charge in [0.05, 0.1) is 5.69 Å². The van der Waals surface area contributed by atoms with Crippen LogP contribution < -0.4 is 15.0 Å². The lowest BCUT2D eigenvalue weighted by molar-refractivity contribution is -0.122. The molecule has 3 aromatic rings. The fourth-order valence-corrected chi connectivity index (χ4v) is 3.66. The number of anilines is 1. The Hall–Kier alpha value is -4.26. The van der Waals surface area contributed by atoms with Crippen molar-refractivity contribution < 1.29 is 23.5 Å². The van der Waals surface area contributed by atoms with Gasteiger partial charge >= 0.3 is 6.03 Å². The number of nitrogens with one attached hydrogen (secondary N) is 1. The molecule has 0 aromatic heterocycles. The second-order valence-electron chi connectivity index (χ2n) is 7.76. The lowest BCUT2D eigenvalue weighted by atomic mass is 10.1. The fourth-order valence-electron chi connectivity index (χ4n) is 3.66. The lowest BCUT2D eigenvalue weighted by Crippen LogP contribution is -2.54. The molecule has 1 aliphatic heterocycles. The van der Waals surface area contributed by atoms with Gasteiger partial charge in [0.1, 0.15) is 23.7 Å². The van der Waals surface area contributed by atoms with E-state index in [-0.39, 0.29) is 11.3 Å². The van der Waals surface area contributed by atoms with Gasteiger partial charge in [0.2, 0.25) is 0 Å². The summed E-state index contributed by atoms with van der Waals surface area (Å²) in [6.45, 7) is 4.47. The molecule has 0 aliphatic carbocycles. The molecule has 6 nitrogen and oxygen atoms in total. The Balaban J connectivity index is 1.52. The van der Waals surface area contributed by atoms with Crippen LogP contribution in [-0.4, -0.2) is 17.8 Å². The minimum absolute atomic E-state index is 0.228. The van der Waals surface area contributed by atoms with Crippen LogP contribution in [0.5, 0.6) is 5.75 Å². The smallest absolute Gasteiger partial charge is 0.336 e. The van der Waals surface area contributed by atoms with Crippen LogP contribution in [0.4, 0.5) is 14.9 Å². The summed E-state index contributed by atoms with van der Waals surface area (Å²) in [6, 6.07) is 17.4. The molecule has 1 heterocycles. The molecule has 1 N–H and O–H groups in total. The van der Waals surface area contributed by atoms with E-state index in [1.54, 1.807) is 24.3 Å². The van der Waals surface area contributed by atoms with Crippen LogP contribution in [0.1, 0.15) is 22.3 Å². The first-order chi connectivity index (χ1) is 15.8. The van der Waals surface area contributed by atoms with Crippen molar-refractivity contribution in [2.75, 3.05) is 4.90 Å². The summed E-state index contributed by atoms with van der Waals surface area (Å²) in [5.74, 6) is -1.87. The molecule has 0 bridgehead atoms. The van der Waals surface area contributed by atoms with Gasteiger partial charge in [0.15, 0.2) is 0 Å². The predicted octanol–water partition coefficient (Wildman–Crippen LogP) is 4.69. The number of amides is 4. The van der Waals surface area contributed by atoms with E-state index in [4.69, 9.17) is 4.74 Å². The van der Waals surface area contributed by atoms with Gasteiger partial charge in [-0.2, -0.15) is 0 Å². The topological polar surface area (TPSA) is 75.7 Å². The van der Waals surface area contributed by atoms with Crippen LogP contribution in [0.2, 0.25) is 0 Å².